The van der Waals surface area contributed by atoms with Crippen molar-refractivity contribution in [1.29, 1.82) is 0 Å². The smallest absolute Gasteiger partial charge is 0.000721 e. The quantitative estimate of drug-likeness (QED) is 0.185. The number of hydrogen-bond acceptors (Lipinski definition) is 0. The highest BCUT2D eigenvalue weighted by Gasteiger charge is 2.15. The Bertz CT molecular complexity index is 1000. The van der Waals surface area contributed by atoms with Crippen molar-refractivity contribution in [3.8, 4) is 0 Å². The van der Waals surface area contributed by atoms with Gasteiger partial charge in [0, 0.05) is 0 Å². The minimum absolute atomic E-state index is 0.350. The van der Waals surface area contributed by atoms with Crippen molar-refractivity contribution in [3.63, 3.8) is 0 Å². The molecule has 0 aliphatic heterocycles. The minimum Gasteiger partial charge on any atom is -0.103 e. The first kappa shape index (κ1) is 29.1. The number of hydrogen-bond donors (Lipinski definition) is 0. The molecule has 34 heavy (non-hydrogen) atoms. The van der Waals surface area contributed by atoms with E-state index < -0.39 is 7.92 Å². The molecule has 2 rings (SSSR count). The third kappa shape index (κ3) is 10.3. The maximum Gasteiger partial charge on any atom is -0.000721 e. The average molecular weight is 469 g/mol. The van der Waals surface area contributed by atoms with Crippen molar-refractivity contribution in [2.24, 2.45) is 5.92 Å². The van der Waals surface area contributed by atoms with Crippen LogP contribution in [-0.4, -0.2) is 0 Å². The molecule has 0 amide bonds. The van der Waals surface area contributed by atoms with Gasteiger partial charge in [-0.25, -0.2) is 0 Å². The Hall–Kier alpha value is -2.95. The lowest BCUT2D eigenvalue weighted by Gasteiger charge is -2.21. The molecule has 0 bridgehead atoms. The summed E-state index contributed by atoms with van der Waals surface area (Å²) in [5.74, 6) is 0.350. The predicted molar refractivity (Wildman–Crippen MR) is 158 cm³/mol. The molecule has 2 unspecified atom stereocenters. The maximum absolute atomic E-state index is 3.83. The van der Waals surface area contributed by atoms with Gasteiger partial charge in [-0.15, -0.1) is 6.58 Å². The molecular weight excluding hydrogens is 427 g/mol. The van der Waals surface area contributed by atoms with Crippen molar-refractivity contribution in [1.82, 2.24) is 0 Å². The van der Waals surface area contributed by atoms with Gasteiger partial charge in [0.25, 0.3) is 0 Å². The third-order valence-corrected chi connectivity index (χ3v) is 8.01. The Kier molecular flexibility index (Phi) is 15.0. The maximum atomic E-state index is 3.83. The Labute approximate surface area is 210 Å². The summed E-state index contributed by atoms with van der Waals surface area (Å²) in [5, 5.41) is 4.22. The van der Waals surface area contributed by atoms with Gasteiger partial charge >= 0.3 is 0 Å². The highest BCUT2D eigenvalue weighted by Crippen LogP contribution is 2.51. The van der Waals surface area contributed by atoms with E-state index in [1.807, 2.05) is 30.4 Å². The summed E-state index contributed by atoms with van der Waals surface area (Å²) < 4.78 is 0. The molecule has 0 saturated carbocycles. The molecule has 0 nitrogen and oxygen atoms in total. The van der Waals surface area contributed by atoms with Gasteiger partial charge < -0.3 is 0 Å². The van der Waals surface area contributed by atoms with Crippen molar-refractivity contribution < 1.29 is 0 Å². The van der Waals surface area contributed by atoms with Crippen LogP contribution in [0.25, 0.3) is 0 Å². The lowest BCUT2D eigenvalue weighted by molar-refractivity contribution is 0.890. The van der Waals surface area contributed by atoms with E-state index in [0.29, 0.717) is 5.92 Å². The average Bonchev–Trinajstić information content (AvgIpc) is 2.87. The van der Waals surface area contributed by atoms with Crippen LogP contribution in [0.15, 0.2) is 145 Å². The van der Waals surface area contributed by atoms with E-state index in [4.69, 9.17) is 0 Å². The summed E-state index contributed by atoms with van der Waals surface area (Å²) in [6.45, 7) is 18.3. The van der Waals surface area contributed by atoms with Crippen LogP contribution in [0.4, 0.5) is 0 Å². The van der Waals surface area contributed by atoms with E-state index in [1.54, 1.807) is 0 Å². The van der Waals surface area contributed by atoms with Gasteiger partial charge in [0.15, 0.2) is 0 Å². The van der Waals surface area contributed by atoms with Crippen molar-refractivity contribution in [2.45, 2.75) is 41.0 Å². The van der Waals surface area contributed by atoms with E-state index in [9.17, 15) is 0 Å². The van der Waals surface area contributed by atoms with Crippen LogP contribution in [0.1, 0.15) is 40.2 Å². The lowest BCUT2D eigenvalue weighted by atomic mass is 9.99. The zero-order valence-corrected chi connectivity index (χ0v) is 22.5. The van der Waals surface area contributed by atoms with Crippen LogP contribution in [0.2, 0.25) is 0 Å². The lowest BCUT2D eigenvalue weighted by Crippen LogP contribution is -2.02. The van der Waals surface area contributed by atoms with E-state index in [-0.39, 0.29) is 0 Å². The van der Waals surface area contributed by atoms with Crippen LogP contribution in [0.5, 0.6) is 0 Å². The molecule has 2 aromatic carbocycles. The Morgan fingerprint density at radius 3 is 2.00 bits per heavy atom. The van der Waals surface area contributed by atoms with Crippen molar-refractivity contribution in [2.75, 3.05) is 0 Å². The second-order valence-corrected chi connectivity index (χ2v) is 10.3. The first-order chi connectivity index (χ1) is 16.5. The molecule has 0 spiro atoms. The standard InChI is InChI=1S/C24H31P.C9H10/c1-7-14-22(15-8-2)20(5)18-19-23(10-4)25(21(6)9-3)24-16-12-11-13-17-24;1-2-6-9-7-4-3-5-8-9/h7-20H,1H2,2-6H3;2-5,7-8H,1,6H2/b15-8-,19-18-,21-9+,22-14+,23-10+;. The molecule has 0 aliphatic rings. The molecule has 0 aromatic heterocycles. The van der Waals surface area contributed by atoms with Crippen LogP contribution >= 0.6 is 7.92 Å². The van der Waals surface area contributed by atoms with Crippen LogP contribution in [-0.2, 0) is 6.42 Å². The van der Waals surface area contributed by atoms with E-state index in [0.717, 1.165) is 6.42 Å². The largest absolute Gasteiger partial charge is 0.103 e. The highest BCUT2D eigenvalue weighted by molar-refractivity contribution is 7.73. The summed E-state index contributed by atoms with van der Waals surface area (Å²) in [6, 6.07) is 21.1. The Morgan fingerprint density at radius 2 is 1.50 bits per heavy atom. The monoisotopic (exact) mass is 468 g/mol. The number of benzene rings is 2. The van der Waals surface area contributed by atoms with E-state index in [1.165, 1.54) is 27.1 Å². The SMILES string of the molecule is C=C/C=C(\C=C/C)C(C)/C=C\C(=C/C)P(/C(C)=C/C)c1ccccc1.C=CCc1ccccc1. The summed E-state index contributed by atoms with van der Waals surface area (Å²) in [4.78, 5) is 0. The summed E-state index contributed by atoms with van der Waals surface area (Å²) >= 11 is 0. The normalized spacial score (nSPS) is 14.4. The third-order valence-electron chi connectivity index (χ3n) is 5.31. The molecule has 0 radical (unpaired) electrons. The van der Waals surface area contributed by atoms with E-state index in [2.05, 4.69) is 133 Å². The second-order valence-electron chi connectivity index (χ2n) is 7.84. The molecule has 0 fully saturated rings. The molecule has 0 aliphatic carbocycles. The summed E-state index contributed by atoms with van der Waals surface area (Å²) in [7, 11) is -0.469. The number of allylic oxidation sites excluding steroid dienone is 12. The molecule has 178 valence electrons. The Balaban J connectivity index is 0.000000533. The van der Waals surface area contributed by atoms with Crippen molar-refractivity contribution >= 4 is 13.2 Å². The van der Waals surface area contributed by atoms with Crippen LogP contribution in [0.3, 0.4) is 0 Å². The first-order valence-electron chi connectivity index (χ1n) is 11.9. The van der Waals surface area contributed by atoms with Gasteiger partial charge in [0.05, 0.1) is 0 Å². The van der Waals surface area contributed by atoms with Gasteiger partial charge in [-0.2, -0.15) is 0 Å². The fourth-order valence-electron chi connectivity index (χ4n) is 3.38. The van der Waals surface area contributed by atoms with Gasteiger partial charge in [0.2, 0.25) is 0 Å². The molecule has 2 atom stereocenters. The minimum atomic E-state index is -0.469. The predicted octanol–water partition coefficient (Wildman–Crippen LogP) is 9.92. The zero-order valence-electron chi connectivity index (χ0n) is 21.6. The van der Waals surface area contributed by atoms with Crippen LogP contribution < -0.4 is 5.30 Å². The molecular formula is C33H41P. The van der Waals surface area contributed by atoms with Gasteiger partial charge in [-0.05, 0) is 75.0 Å². The Morgan fingerprint density at radius 1 is 0.882 bits per heavy atom. The van der Waals surface area contributed by atoms with E-state index >= 15 is 0 Å². The molecule has 0 N–H and O–H groups in total. The molecule has 1 heteroatoms. The molecule has 0 saturated heterocycles. The number of rotatable bonds is 10. The van der Waals surface area contributed by atoms with Gasteiger partial charge in [0.1, 0.15) is 0 Å². The topological polar surface area (TPSA) is 0 Å². The summed E-state index contributed by atoms with van der Waals surface area (Å²) in [5.41, 5.74) is 2.60. The molecule has 2 aromatic rings. The van der Waals surface area contributed by atoms with Crippen LogP contribution in [0, 0.1) is 5.92 Å². The van der Waals surface area contributed by atoms with Crippen molar-refractivity contribution in [3.05, 3.63) is 150 Å². The zero-order chi connectivity index (χ0) is 25.2. The second kappa shape index (κ2) is 17.5. The van der Waals surface area contributed by atoms with Gasteiger partial charge in [-0.3, -0.25) is 0 Å². The summed E-state index contributed by atoms with van der Waals surface area (Å²) in [6.07, 6.45) is 20.2. The first-order valence-corrected chi connectivity index (χ1v) is 13.3. The fourth-order valence-corrected chi connectivity index (χ4v) is 5.72. The molecule has 0 heterocycles. The highest BCUT2D eigenvalue weighted by atomic mass is 31.1. The fraction of sp³-hybridized carbons (Fsp3) is 0.212. The van der Waals surface area contributed by atoms with Gasteiger partial charge in [-0.1, -0.05) is 129 Å².